The van der Waals surface area contributed by atoms with Crippen LogP contribution in [0.15, 0.2) is 27.1 Å². The van der Waals surface area contributed by atoms with Gasteiger partial charge in [-0.25, -0.2) is 0 Å². The molecule has 3 nitrogen and oxygen atoms in total. The zero-order valence-electron chi connectivity index (χ0n) is 11.0. The van der Waals surface area contributed by atoms with Crippen molar-refractivity contribution >= 4 is 37.6 Å². The molecule has 0 N–H and O–H groups in total. The standard InChI is InChI=1S/C14H14Br2N2O/c1-8-10(5-4-6-11(8)15)13(19)7-12-14(16)9(2)17-18(12)3/h4-6H,7H2,1-3H3. The molecule has 1 aromatic carbocycles. The van der Waals surface area contributed by atoms with Gasteiger partial charge in [0.25, 0.3) is 0 Å². The Balaban J connectivity index is 2.34. The van der Waals surface area contributed by atoms with E-state index < -0.39 is 0 Å². The Labute approximate surface area is 129 Å². The third kappa shape index (κ3) is 2.82. The summed E-state index contributed by atoms with van der Waals surface area (Å²) in [7, 11) is 1.86. The van der Waals surface area contributed by atoms with E-state index >= 15 is 0 Å². The molecular formula is C14H14Br2N2O. The lowest BCUT2D eigenvalue weighted by atomic mass is 10.0. The van der Waals surface area contributed by atoms with Crippen LogP contribution in [0.1, 0.15) is 27.3 Å². The number of rotatable bonds is 3. The van der Waals surface area contributed by atoms with Crippen molar-refractivity contribution in [3.8, 4) is 0 Å². The first-order valence-corrected chi connectivity index (χ1v) is 7.46. The van der Waals surface area contributed by atoms with Gasteiger partial charge in [-0.05, 0) is 41.4 Å². The molecule has 0 amide bonds. The number of halogens is 2. The number of hydrogen-bond donors (Lipinski definition) is 0. The average molecular weight is 386 g/mol. The van der Waals surface area contributed by atoms with Gasteiger partial charge in [-0.2, -0.15) is 5.10 Å². The van der Waals surface area contributed by atoms with E-state index in [9.17, 15) is 4.79 Å². The molecule has 19 heavy (non-hydrogen) atoms. The first kappa shape index (κ1) is 14.5. The molecule has 1 aromatic heterocycles. The molecule has 2 rings (SSSR count). The molecule has 0 aliphatic rings. The SMILES string of the molecule is Cc1nn(C)c(CC(=O)c2cccc(Br)c2C)c1Br. The minimum absolute atomic E-state index is 0.0995. The minimum atomic E-state index is 0.0995. The molecular weight excluding hydrogens is 372 g/mol. The van der Waals surface area contributed by atoms with E-state index in [0.717, 1.165) is 31.5 Å². The third-order valence-electron chi connectivity index (χ3n) is 3.16. The highest BCUT2D eigenvalue weighted by Crippen LogP contribution is 2.24. The molecule has 0 bridgehead atoms. The number of benzene rings is 1. The quantitative estimate of drug-likeness (QED) is 0.748. The number of hydrogen-bond acceptors (Lipinski definition) is 2. The maximum atomic E-state index is 12.4. The Morgan fingerprint density at radius 3 is 2.58 bits per heavy atom. The molecule has 1 heterocycles. The first-order chi connectivity index (χ1) is 8.91. The molecule has 0 spiro atoms. The van der Waals surface area contributed by atoms with Crippen LogP contribution >= 0.6 is 31.9 Å². The van der Waals surface area contributed by atoms with Gasteiger partial charge in [-0.15, -0.1) is 0 Å². The number of Topliss-reactive ketones (excluding diaryl/α,β-unsaturated/α-hetero) is 1. The van der Waals surface area contributed by atoms with E-state index in [1.165, 1.54) is 0 Å². The highest BCUT2D eigenvalue weighted by molar-refractivity contribution is 9.10. The van der Waals surface area contributed by atoms with E-state index in [2.05, 4.69) is 37.0 Å². The van der Waals surface area contributed by atoms with Crippen LogP contribution in [0.4, 0.5) is 0 Å². The summed E-state index contributed by atoms with van der Waals surface area (Å²) in [6.07, 6.45) is 0.342. The number of aryl methyl sites for hydroxylation is 2. The largest absolute Gasteiger partial charge is 0.294 e. The monoisotopic (exact) mass is 384 g/mol. The van der Waals surface area contributed by atoms with Gasteiger partial charge in [0.15, 0.2) is 5.78 Å². The zero-order chi connectivity index (χ0) is 14.2. The van der Waals surface area contributed by atoms with Crippen LogP contribution < -0.4 is 0 Å². The Kier molecular flexibility index (Phi) is 4.26. The highest BCUT2D eigenvalue weighted by Gasteiger charge is 2.17. The van der Waals surface area contributed by atoms with E-state index in [4.69, 9.17) is 0 Å². The second-order valence-electron chi connectivity index (χ2n) is 4.48. The fourth-order valence-corrected chi connectivity index (χ4v) is 2.87. The lowest BCUT2D eigenvalue weighted by Gasteiger charge is -2.07. The molecule has 100 valence electrons. The van der Waals surface area contributed by atoms with Crippen molar-refractivity contribution in [1.82, 2.24) is 9.78 Å². The minimum Gasteiger partial charge on any atom is -0.294 e. The van der Waals surface area contributed by atoms with Gasteiger partial charge < -0.3 is 0 Å². The van der Waals surface area contributed by atoms with Crippen molar-refractivity contribution in [2.75, 3.05) is 0 Å². The maximum Gasteiger partial charge on any atom is 0.169 e. The van der Waals surface area contributed by atoms with Crippen molar-refractivity contribution in [2.45, 2.75) is 20.3 Å². The summed E-state index contributed by atoms with van der Waals surface area (Å²) in [4.78, 5) is 12.4. The summed E-state index contributed by atoms with van der Waals surface area (Å²) in [5.41, 5.74) is 3.53. The molecule has 0 saturated carbocycles. The second kappa shape index (κ2) is 5.59. The molecule has 0 aliphatic heterocycles. The molecule has 0 saturated heterocycles. The maximum absolute atomic E-state index is 12.4. The number of nitrogens with zero attached hydrogens (tertiary/aromatic N) is 2. The average Bonchev–Trinajstić information content (AvgIpc) is 2.59. The number of aromatic nitrogens is 2. The number of ketones is 1. The van der Waals surface area contributed by atoms with Crippen molar-refractivity contribution in [1.29, 1.82) is 0 Å². The van der Waals surface area contributed by atoms with Crippen molar-refractivity contribution < 1.29 is 4.79 Å². The molecule has 0 aliphatic carbocycles. The molecule has 0 unspecified atom stereocenters. The predicted molar refractivity (Wildman–Crippen MR) is 82.6 cm³/mol. The highest BCUT2D eigenvalue weighted by atomic mass is 79.9. The molecule has 2 aromatic rings. The fraction of sp³-hybridized carbons (Fsp3) is 0.286. The van der Waals surface area contributed by atoms with Crippen LogP contribution in [0, 0.1) is 13.8 Å². The summed E-state index contributed by atoms with van der Waals surface area (Å²) < 4.78 is 3.62. The fourth-order valence-electron chi connectivity index (χ4n) is 2.03. The molecule has 0 radical (unpaired) electrons. The topological polar surface area (TPSA) is 34.9 Å². The summed E-state index contributed by atoms with van der Waals surface area (Å²) >= 11 is 6.94. The van der Waals surface area contributed by atoms with Gasteiger partial charge in [0, 0.05) is 17.1 Å². The van der Waals surface area contributed by atoms with E-state index in [1.54, 1.807) is 4.68 Å². The van der Waals surface area contributed by atoms with Gasteiger partial charge in [0.05, 0.1) is 22.3 Å². The van der Waals surface area contributed by atoms with Crippen molar-refractivity contribution in [3.63, 3.8) is 0 Å². The predicted octanol–water partition coefficient (Wildman–Crippen LogP) is 3.99. The molecule has 0 atom stereocenters. The third-order valence-corrected chi connectivity index (χ3v) is 5.05. The van der Waals surface area contributed by atoms with Crippen LogP contribution in [0.2, 0.25) is 0 Å². The van der Waals surface area contributed by atoms with Crippen LogP contribution in [0.3, 0.4) is 0 Å². The van der Waals surface area contributed by atoms with Gasteiger partial charge in [0.1, 0.15) is 0 Å². The lowest BCUT2D eigenvalue weighted by Crippen LogP contribution is -2.10. The molecule has 0 fully saturated rings. The Morgan fingerprint density at radius 1 is 1.32 bits per heavy atom. The normalized spacial score (nSPS) is 10.8. The van der Waals surface area contributed by atoms with Crippen molar-refractivity contribution in [3.05, 3.63) is 49.7 Å². The summed E-state index contributed by atoms with van der Waals surface area (Å²) in [5.74, 6) is 0.0995. The number of carbonyl (C=O) groups excluding carboxylic acids is 1. The van der Waals surface area contributed by atoms with Crippen LogP contribution in [0.25, 0.3) is 0 Å². The lowest BCUT2D eigenvalue weighted by molar-refractivity contribution is 0.0990. The van der Waals surface area contributed by atoms with Crippen LogP contribution in [-0.4, -0.2) is 15.6 Å². The van der Waals surface area contributed by atoms with Gasteiger partial charge >= 0.3 is 0 Å². The van der Waals surface area contributed by atoms with Gasteiger partial charge in [-0.3, -0.25) is 9.48 Å². The Hall–Kier alpha value is -0.940. The summed E-state index contributed by atoms with van der Waals surface area (Å²) in [6.45, 7) is 3.86. The van der Waals surface area contributed by atoms with E-state index in [0.29, 0.717) is 6.42 Å². The van der Waals surface area contributed by atoms with Crippen molar-refractivity contribution in [2.24, 2.45) is 7.05 Å². The van der Waals surface area contributed by atoms with Crippen LogP contribution in [-0.2, 0) is 13.5 Å². The van der Waals surface area contributed by atoms with E-state index in [-0.39, 0.29) is 5.78 Å². The van der Waals surface area contributed by atoms with Crippen LogP contribution in [0.5, 0.6) is 0 Å². The summed E-state index contributed by atoms with van der Waals surface area (Å²) in [6, 6.07) is 5.68. The zero-order valence-corrected chi connectivity index (χ0v) is 14.2. The smallest absolute Gasteiger partial charge is 0.169 e. The summed E-state index contributed by atoms with van der Waals surface area (Å²) in [5, 5.41) is 4.31. The second-order valence-corrected chi connectivity index (χ2v) is 6.13. The molecule has 5 heteroatoms. The Bertz CT molecular complexity index is 647. The first-order valence-electron chi connectivity index (χ1n) is 5.88. The van der Waals surface area contributed by atoms with Gasteiger partial charge in [0.2, 0.25) is 0 Å². The Morgan fingerprint density at radius 2 is 2.00 bits per heavy atom. The van der Waals surface area contributed by atoms with Gasteiger partial charge in [-0.1, -0.05) is 28.1 Å². The number of carbonyl (C=O) groups is 1. The van der Waals surface area contributed by atoms with E-state index in [1.807, 2.05) is 39.1 Å².